The molecule has 1 saturated heterocycles. The van der Waals surface area contributed by atoms with E-state index in [1.165, 1.54) is 35.2 Å². The first-order valence-electron chi connectivity index (χ1n) is 12.4. The SMILES string of the molecule is O=C(O)CC(NC(=O)C1N(C(=O)C2CCCC2)CCN1S(=O)(=O)c1ccc(Cl)c(Cl)c1)c1cccc([N+](=O)[O-])c1. The summed E-state index contributed by atoms with van der Waals surface area (Å²) in [6, 6.07) is 7.55. The molecule has 2 unspecified atom stereocenters. The smallest absolute Gasteiger partial charge is 0.305 e. The van der Waals surface area contributed by atoms with Gasteiger partial charge in [0, 0.05) is 31.1 Å². The Bertz CT molecular complexity index is 1450. The van der Waals surface area contributed by atoms with E-state index in [1.54, 1.807) is 0 Å². The number of carbonyl (C=O) groups excluding carboxylic acids is 2. The van der Waals surface area contributed by atoms with Crippen molar-refractivity contribution in [2.24, 2.45) is 5.92 Å². The number of hydrogen-bond donors (Lipinski definition) is 2. The minimum absolute atomic E-state index is 0.0194. The van der Waals surface area contributed by atoms with E-state index in [-0.39, 0.29) is 51.1 Å². The number of nitrogens with one attached hydrogen (secondary N) is 1. The van der Waals surface area contributed by atoms with Crippen LogP contribution in [0.15, 0.2) is 47.4 Å². The van der Waals surface area contributed by atoms with Crippen LogP contribution < -0.4 is 5.32 Å². The maximum atomic E-state index is 13.8. The van der Waals surface area contributed by atoms with Crippen LogP contribution in [0, 0.1) is 16.0 Å². The zero-order valence-corrected chi connectivity index (χ0v) is 23.4. The molecule has 2 fully saturated rings. The van der Waals surface area contributed by atoms with Crippen molar-refractivity contribution in [2.45, 2.75) is 49.2 Å². The van der Waals surface area contributed by atoms with E-state index in [0.29, 0.717) is 12.8 Å². The molecule has 1 aliphatic heterocycles. The first kappa shape index (κ1) is 29.7. The van der Waals surface area contributed by atoms with E-state index in [0.717, 1.165) is 29.3 Å². The third-order valence-corrected chi connectivity index (χ3v) is 9.62. The Balaban J connectivity index is 1.71. The van der Waals surface area contributed by atoms with Gasteiger partial charge in [0.15, 0.2) is 6.17 Å². The molecule has 12 nitrogen and oxygen atoms in total. The Morgan fingerprint density at radius 1 is 1.07 bits per heavy atom. The summed E-state index contributed by atoms with van der Waals surface area (Å²) in [6.07, 6.45) is 0.620. The van der Waals surface area contributed by atoms with E-state index in [9.17, 15) is 38.0 Å². The number of non-ortho nitro benzene ring substituents is 1. The first-order valence-corrected chi connectivity index (χ1v) is 14.6. The Kier molecular flexibility index (Phi) is 8.98. The van der Waals surface area contributed by atoms with Gasteiger partial charge in [0.05, 0.1) is 32.3 Å². The van der Waals surface area contributed by atoms with Crippen LogP contribution in [0.4, 0.5) is 5.69 Å². The van der Waals surface area contributed by atoms with Gasteiger partial charge in [-0.25, -0.2) is 8.42 Å². The average molecular weight is 613 g/mol. The lowest BCUT2D eigenvalue weighted by atomic mass is 10.0. The molecule has 4 rings (SSSR count). The van der Waals surface area contributed by atoms with Crippen LogP contribution in [-0.4, -0.2) is 64.7 Å². The van der Waals surface area contributed by atoms with Crippen molar-refractivity contribution >= 4 is 56.7 Å². The minimum Gasteiger partial charge on any atom is -0.481 e. The van der Waals surface area contributed by atoms with Crippen molar-refractivity contribution in [3.05, 3.63) is 68.2 Å². The van der Waals surface area contributed by atoms with Gasteiger partial charge in [-0.1, -0.05) is 48.2 Å². The van der Waals surface area contributed by atoms with Gasteiger partial charge in [-0.2, -0.15) is 4.31 Å². The molecule has 0 aromatic heterocycles. The number of sulfonamides is 1. The van der Waals surface area contributed by atoms with Gasteiger partial charge in [0.2, 0.25) is 15.9 Å². The quantitative estimate of drug-likeness (QED) is 0.320. The number of rotatable bonds is 9. The molecule has 40 heavy (non-hydrogen) atoms. The monoisotopic (exact) mass is 612 g/mol. The third kappa shape index (κ3) is 6.22. The normalized spacial score (nSPS) is 18.9. The van der Waals surface area contributed by atoms with Crippen molar-refractivity contribution in [3.8, 4) is 0 Å². The predicted molar refractivity (Wildman–Crippen MR) is 144 cm³/mol. The van der Waals surface area contributed by atoms with Crippen LogP contribution >= 0.6 is 23.2 Å². The standard InChI is InChI=1S/C25H26Cl2N4O8S/c26-19-9-8-18(13-20(19)27)40(38,39)30-11-10-29(25(35)15-4-1-2-5-15)24(30)23(34)28-21(14-22(32)33)16-6-3-7-17(12-16)31(36)37/h3,6-9,12-13,15,21,24H,1-2,4-5,10-11,14H2,(H,28,34)(H,32,33). The summed E-state index contributed by atoms with van der Waals surface area (Å²) in [5.41, 5.74) is -0.180. The summed E-state index contributed by atoms with van der Waals surface area (Å²) >= 11 is 12.0. The lowest BCUT2D eigenvalue weighted by Gasteiger charge is -2.31. The summed E-state index contributed by atoms with van der Waals surface area (Å²) in [4.78, 5) is 50.4. The van der Waals surface area contributed by atoms with Crippen molar-refractivity contribution in [3.63, 3.8) is 0 Å². The van der Waals surface area contributed by atoms with Gasteiger partial charge in [-0.05, 0) is 36.6 Å². The largest absolute Gasteiger partial charge is 0.481 e. The fraction of sp³-hybridized carbons (Fsp3) is 0.400. The number of benzene rings is 2. The Hall–Kier alpha value is -3.26. The molecule has 15 heteroatoms. The number of nitro groups is 1. The number of aliphatic carboxylic acids is 1. The van der Waals surface area contributed by atoms with Crippen molar-refractivity contribution in [1.29, 1.82) is 0 Å². The van der Waals surface area contributed by atoms with Gasteiger partial charge in [-0.15, -0.1) is 0 Å². The van der Waals surface area contributed by atoms with Gasteiger partial charge in [-0.3, -0.25) is 24.5 Å². The van der Waals surface area contributed by atoms with Crippen LogP contribution in [0.1, 0.15) is 43.7 Å². The highest BCUT2D eigenvalue weighted by Crippen LogP contribution is 2.33. The van der Waals surface area contributed by atoms with Gasteiger partial charge >= 0.3 is 5.97 Å². The second-order valence-electron chi connectivity index (χ2n) is 9.59. The predicted octanol–water partition coefficient (Wildman–Crippen LogP) is 3.58. The van der Waals surface area contributed by atoms with Crippen molar-refractivity contribution < 1.29 is 32.8 Å². The molecule has 0 bridgehead atoms. The molecule has 2 aliphatic rings. The second kappa shape index (κ2) is 12.1. The average Bonchev–Trinajstić information content (AvgIpc) is 3.60. The van der Waals surface area contributed by atoms with Crippen molar-refractivity contribution in [2.75, 3.05) is 13.1 Å². The highest BCUT2D eigenvalue weighted by molar-refractivity contribution is 7.89. The number of nitrogens with zero attached hydrogens (tertiary/aromatic N) is 3. The fourth-order valence-electron chi connectivity index (χ4n) is 5.07. The highest BCUT2D eigenvalue weighted by atomic mass is 35.5. The van der Waals surface area contributed by atoms with Gasteiger partial charge in [0.25, 0.3) is 11.6 Å². The molecule has 2 N–H and O–H groups in total. The van der Waals surface area contributed by atoms with Crippen molar-refractivity contribution in [1.82, 2.24) is 14.5 Å². The van der Waals surface area contributed by atoms with Crippen LogP contribution in [0.5, 0.6) is 0 Å². The summed E-state index contributed by atoms with van der Waals surface area (Å²) in [7, 11) is -4.37. The fourth-order valence-corrected chi connectivity index (χ4v) is 7.00. The number of carboxylic acids is 1. The Morgan fingerprint density at radius 3 is 2.40 bits per heavy atom. The molecule has 0 radical (unpaired) electrons. The summed E-state index contributed by atoms with van der Waals surface area (Å²) in [5, 5.41) is 23.4. The van der Waals surface area contributed by atoms with Gasteiger partial charge < -0.3 is 15.3 Å². The molecule has 1 heterocycles. The zero-order valence-electron chi connectivity index (χ0n) is 21.0. The third-order valence-electron chi connectivity index (χ3n) is 7.03. The summed E-state index contributed by atoms with van der Waals surface area (Å²) < 4.78 is 28.3. The molecule has 0 spiro atoms. The highest BCUT2D eigenvalue weighted by Gasteiger charge is 2.48. The van der Waals surface area contributed by atoms with Gasteiger partial charge in [0.1, 0.15) is 0 Å². The zero-order chi connectivity index (χ0) is 29.2. The van der Waals surface area contributed by atoms with E-state index in [1.807, 2.05) is 0 Å². The molecule has 1 saturated carbocycles. The van der Waals surface area contributed by atoms with Crippen LogP contribution in [0.2, 0.25) is 10.0 Å². The maximum absolute atomic E-state index is 13.8. The maximum Gasteiger partial charge on any atom is 0.305 e. The Labute approximate surface area is 240 Å². The van der Waals surface area contributed by atoms with E-state index in [4.69, 9.17) is 23.2 Å². The number of nitro benzene ring substituents is 1. The number of carboxylic acid groups (broad SMARTS) is 1. The minimum atomic E-state index is -4.37. The van der Waals surface area contributed by atoms with Crippen LogP contribution in [0.3, 0.4) is 0 Å². The number of halogens is 2. The van der Waals surface area contributed by atoms with E-state index in [2.05, 4.69) is 5.32 Å². The number of hydrogen-bond acceptors (Lipinski definition) is 7. The molecule has 2 aromatic rings. The van der Waals surface area contributed by atoms with Crippen LogP contribution in [0.25, 0.3) is 0 Å². The summed E-state index contributed by atoms with van der Waals surface area (Å²) in [6.45, 7) is -0.256. The lowest BCUT2D eigenvalue weighted by Crippen LogP contribution is -2.55. The molecular formula is C25H26Cl2N4O8S. The lowest BCUT2D eigenvalue weighted by molar-refractivity contribution is -0.384. The molecule has 2 amide bonds. The van der Waals surface area contributed by atoms with Crippen LogP contribution in [-0.2, 0) is 24.4 Å². The number of carbonyl (C=O) groups is 3. The molecule has 2 atom stereocenters. The number of amides is 2. The van der Waals surface area contributed by atoms with E-state index >= 15 is 0 Å². The molecule has 214 valence electrons. The Morgan fingerprint density at radius 2 is 1.77 bits per heavy atom. The summed E-state index contributed by atoms with van der Waals surface area (Å²) in [5.74, 6) is -2.98. The second-order valence-corrected chi connectivity index (χ2v) is 12.3. The molecular weight excluding hydrogens is 587 g/mol. The topological polar surface area (TPSA) is 167 Å². The molecule has 2 aromatic carbocycles. The molecule has 1 aliphatic carbocycles. The van der Waals surface area contributed by atoms with E-state index < -0.39 is 45.5 Å². The first-order chi connectivity index (χ1) is 18.9.